The largest absolute Gasteiger partial charge is 0.370 e. The lowest BCUT2D eigenvalue weighted by Crippen LogP contribution is -2.32. The molecule has 5 N–H and O–H groups in total. The SMILES string of the molecule is CNCCCNC(=N)N. The number of hydrogen-bond acceptors (Lipinski definition) is 2. The van der Waals surface area contributed by atoms with Gasteiger partial charge in [-0.05, 0) is 20.0 Å². The quantitative estimate of drug-likeness (QED) is 0.226. The highest BCUT2D eigenvalue weighted by atomic mass is 15.0. The van der Waals surface area contributed by atoms with Gasteiger partial charge < -0.3 is 16.4 Å². The van der Waals surface area contributed by atoms with Crippen LogP contribution in [0.15, 0.2) is 0 Å². The van der Waals surface area contributed by atoms with E-state index in [1.165, 1.54) is 0 Å². The van der Waals surface area contributed by atoms with Gasteiger partial charge in [0.2, 0.25) is 0 Å². The third kappa shape index (κ3) is 7.23. The van der Waals surface area contributed by atoms with Crippen molar-refractivity contribution in [3.63, 3.8) is 0 Å². The second-order valence-electron chi connectivity index (χ2n) is 1.80. The maximum Gasteiger partial charge on any atom is 0.185 e. The van der Waals surface area contributed by atoms with Crippen LogP contribution >= 0.6 is 0 Å². The van der Waals surface area contributed by atoms with E-state index in [-0.39, 0.29) is 5.96 Å². The summed E-state index contributed by atoms with van der Waals surface area (Å²) in [5.74, 6) is 0.0473. The van der Waals surface area contributed by atoms with E-state index >= 15 is 0 Å². The zero-order valence-corrected chi connectivity index (χ0v) is 5.70. The average Bonchev–Trinajstić information content (AvgIpc) is 1.80. The minimum Gasteiger partial charge on any atom is -0.370 e. The maximum absolute atomic E-state index is 6.78. The Morgan fingerprint density at radius 2 is 2.22 bits per heavy atom. The standard InChI is InChI=1S/C5H14N4/c1-8-3-2-4-9-5(6)7/h8H,2-4H2,1H3,(H4,6,7,9). The van der Waals surface area contributed by atoms with Gasteiger partial charge >= 0.3 is 0 Å². The smallest absolute Gasteiger partial charge is 0.185 e. The lowest BCUT2D eigenvalue weighted by molar-refractivity contribution is 0.701. The third-order valence-corrected chi connectivity index (χ3v) is 0.919. The Kier molecular flexibility index (Phi) is 4.91. The summed E-state index contributed by atoms with van der Waals surface area (Å²) in [5.41, 5.74) is 5.03. The van der Waals surface area contributed by atoms with E-state index in [1.807, 2.05) is 7.05 Å². The molecular formula is C5H14N4. The summed E-state index contributed by atoms with van der Waals surface area (Å²) in [6, 6.07) is 0. The summed E-state index contributed by atoms with van der Waals surface area (Å²) < 4.78 is 0. The highest BCUT2D eigenvalue weighted by Gasteiger charge is 1.84. The average molecular weight is 130 g/mol. The van der Waals surface area contributed by atoms with Gasteiger partial charge in [-0.25, -0.2) is 0 Å². The van der Waals surface area contributed by atoms with Gasteiger partial charge in [0.25, 0.3) is 0 Å². The number of hydrogen-bond donors (Lipinski definition) is 4. The Morgan fingerprint density at radius 3 is 2.67 bits per heavy atom. The van der Waals surface area contributed by atoms with Gasteiger partial charge in [0.1, 0.15) is 0 Å². The predicted octanol–water partition coefficient (Wildman–Crippen LogP) is -0.921. The molecule has 54 valence electrons. The van der Waals surface area contributed by atoms with E-state index in [4.69, 9.17) is 11.1 Å². The maximum atomic E-state index is 6.78. The van der Waals surface area contributed by atoms with Crippen molar-refractivity contribution in [1.82, 2.24) is 10.6 Å². The Hall–Kier alpha value is -0.770. The molecule has 0 atom stereocenters. The van der Waals surface area contributed by atoms with Gasteiger partial charge in [0.05, 0.1) is 0 Å². The molecule has 0 aliphatic carbocycles. The molecule has 0 saturated heterocycles. The number of nitrogens with one attached hydrogen (secondary N) is 3. The van der Waals surface area contributed by atoms with Crippen LogP contribution in [0.4, 0.5) is 0 Å². The van der Waals surface area contributed by atoms with E-state index in [0.717, 1.165) is 19.5 Å². The summed E-state index contributed by atoms with van der Waals surface area (Å²) >= 11 is 0. The summed E-state index contributed by atoms with van der Waals surface area (Å²) in [7, 11) is 1.90. The van der Waals surface area contributed by atoms with Crippen molar-refractivity contribution >= 4 is 5.96 Å². The van der Waals surface area contributed by atoms with E-state index < -0.39 is 0 Å². The molecule has 0 aliphatic heterocycles. The second kappa shape index (κ2) is 5.37. The molecule has 0 aromatic rings. The van der Waals surface area contributed by atoms with Crippen molar-refractivity contribution in [3.05, 3.63) is 0 Å². The molecule has 0 aromatic heterocycles. The molecule has 0 unspecified atom stereocenters. The summed E-state index contributed by atoms with van der Waals surface area (Å²) in [6.07, 6.45) is 0.996. The first-order valence-electron chi connectivity index (χ1n) is 3.00. The summed E-state index contributed by atoms with van der Waals surface area (Å²) in [6.45, 7) is 1.73. The number of nitrogens with two attached hydrogens (primary N) is 1. The monoisotopic (exact) mass is 130 g/mol. The van der Waals surface area contributed by atoms with Gasteiger partial charge in [-0.15, -0.1) is 0 Å². The van der Waals surface area contributed by atoms with E-state index in [2.05, 4.69) is 10.6 Å². The lowest BCUT2D eigenvalue weighted by Gasteiger charge is -2.01. The van der Waals surface area contributed by atoms with Crippen molar-refractivity contribution < 1.29 is 0 Å². The van der Waals surface area contributed by atoms with E-state index in [0.29, 0.717) is 0 Å². The molecule has 4 nitrogen and oxygen atoms in total. The molecule has 0 spiro atoms. The second-order valence-corrected chi connectivity index (χ2v) is 1.80. The molecule has 0 fully saturated rings. The van der Waals surface area contributed by atoms with Crippen molar-refractivity contribution in [2.45, 2.75) is 6.42 Å². The fourth-order valence-corrected chi connectivity index (χ4v) is 0.488. The van der Waals surface area contributed by atoms with Crippen molar-refractivity contribution in [1.29, 1.82) is 5.41 Å². The summed E-state index contributed by atoms with van der Waals surface area (Å²) in [5, 5.41) is 12.5. The molecule has 0 aromatic carbocycles. The van der Waals surface area contributed by atoms with Crippen LogP contribution in [0.3, 0.4) is 0 Å². The number of guanidine groups is 1. The van der Waals surface area contributed by atoms with Gasteiger partial charge in [0, 0.05) is 6.54 Å². The first kappa shape index (κ1) is 8.23. The van der Waals surface area contributed by atoms with Crippen LogP contribution in [0, 0.1) is 5.41 Å². The minimum atomic E-state index is 0.0473. The predicted molar refractivity (Wildman–Crippen MR) is 38.5 cm³/mol. The van der Waals surface area contributed by atoms with Crippen molar-refractivity contribution in [3.8, 4) is 0 Å². The summed E-state index contributed by atoms with van der Waals surface area (Å²) in [4.78, 5) is 0. The highest BCUT2D eigenvalue weighted by molar-refractivity contribution is 5.74. The molecule has 0 radical (unpaired) electrons. The van der Waals surface area contributed by atoms with Gasteiger partial charge in [-0.2, -0.15) is 0 Å². The molecule has 0 saturated carbocycles. The normalized spacial score (nSPS) is 9.00. The molecule has 9 heavy (non-hydrogen) atoms. The fraction of sp³-hybridized carbons (Fsp3) is 0.800. The Labute approximate surface area is 55.3 Å². The fourth-order valence-electron chi connectivity index (χ4n) is 0.488. The Balaban J connectivity index is 2.83. The van der Waals surface area contributed by atoms with Crippen LogP contribution in [-0.4, -0.2) is 26.1 Å². The highest BCUT2D eigenvalue weighted by Crippen LogP contribution is 1.68. The van der Waals surface area contributed by atoms with Gasteiger partial charge in [-0.3, -0.25) is 5.41 Å². The minimum absolute atomic E-state index is 0.0473. The Bertz CT molecular complexity index is 81.0. The molecule has 0 bridgehead atoms. The van der Waals surface area contributed by atoms with Crippen molar-refractivity contribution in [2.75, 3.05) is 20.1 Å². The molecule has 0 aliphatic rings. The first-order chi connectivity index (χ1) is 4.27. The van der Waals surface area contributed by atoms with Crippen LogP contribution in [0.1, 0.15) is 6.42 Å². The first-order valence-corrected chi connectivity index (χ1v) is 3.00. The molecule has 0 heterocycles. The van der Waals surface area contributed by atoms with Crippen LogP contribution in [0.25, 0.3) is 0 Å². The molecular weight excluding hydrogens is 116 g/mol. The molecule has 4 heteroatoms. The van der Waals surface area contributed by atoms with E-state index in [1.54, 1.807) is 0 Å². The molecule has 0 rings (SSSR count). The third-order valence-electron chi connectivity index (χ3n) is 0.919. The van der Waals surface area contributed by atoms with Gasteiger partial charge in [0.15, 0.2) is 5.96 Å². The van der Waals surface area contributed by atoms with Crippen LogP contribution in [-0.2, 0) is 0 Å². The topological polar surface area (TPSA) is 73.9 Å². The van der Waals surface area contributed by atoms with Crippen LogP contribution < -0.4 is 16.4 Å². The zero-order chi connectivity index (χ0) is 7.11. The van der Waals surface area contributed by atoms with Gasteiger partial charge in [-0.1, -0.05) is 0 Å². The lowest BCUT2D eigenvalue weighted by atomic mass is 10.4. The zero-order valence-electron chi connectivity index (χ0n) is 5.70. The van der Waals surface area contributed by atoms with Crippen molar-refractivity contribution in [2.24, 2.45) is 5.73 Å². The van der Waals surface area contributed by atoms with Crippen LogP contribution in [0.5, 0.6) is 0 Å². The number of rotatable bonds is 4. The van der Waals surface area contributed by atoms with Crippen LogP contribution in [0.2, 0.25) is 0 Å². The molecule has 0 amide bonds. The van der Waals surface area contributed by atoms with E-state index in [9.17, 15) is 0 Å². The Morgan fingerprint density at radius 1 is 1.56 bits per heavy atom.